The molecule has 1 N–H and O–H groups in total. The third-order valence-electron chi connectivity index (χ3n) is 4.00. The molecule has 0 radical (unpaired) electrons. The number of hydrogen-bond donors (Lipinski definition) is 1. The van der Waals surface area contributed by atoms with Crippen LogP contribution in [0.4, 0.5) is 0 Å². The summed E-state index contributed by atoms with van der Waals surface area (Å²) >= 11 is 1.67. The Morgan fingerprint density at radius 1 is 1.10 bits per heavy atom. The quantitative estimate of drug-likeness (QED) is 0.865. The van der Waals surface area contributed by atoms with Gasteiger partial charge in [-0.25, -0.2) is 0 Å². The van der Waals surface area contributed by atoms with Crippen LogP contribution >= 0.6 is 11.3 Å². The molecule has 2 amide bonds. The summed E-state index contributed by atoms with van der Waals surface area (Å²) in [6.07, 6.45) is 0.366. The Labute approximate surface area is 128 Å². The van der Waals surface area contributed by atoms with Gasteiger partial charge in [0, 0.05) is 22.1 Å². The predicted molar refractivity (Wildman–Crippen MR) is 83.5 cm³/mol. The second kappa shape index (κ2) is 5.45. The molecule has 0 saturated carbocycles. The molecule has 2 aromatic rings. The molecule has 1 saturated heterocycles. The van der Waals surface area contributed by atoms with Crippen molar-refractivity contribution in [3.05, 3.63) is 57.3 Å². The molecule has 108 valence electrons. The van der Waals surface area contributed by atoms with Crippen LogP contribution in [0.2, 0.25) is 0 Å². The molecular weight excluding hydrogens is 282 g/mol. The van der Waals surface area contributed by atoms with Gasteiger partial charge < -0.3 is 0 Å². The van der Waals surface area contributed by atoms with Crippen molar-refractivity contribution in [1.82, 2.24) is 5.32 Å². The first-order valence-electron chi connectivity index (χ1n) is 7.02. The molecular formula is C17H17NO2S. The van der Waals surface area contributed by atoms with Gasteiger partial charge in [-0.05, 0) is 37.1 Å². The van der Waals surface area contributed by atoms with Crippen LogP contribution in [-0.2, 0) is 9.59 Å². The second-order valence-corrected chi connectivity index (χ2v) is 6.83. The molecule has 2 heterocycles. The fourth-order valence-corrected chi connectivity index (χ4v) is 3.99. The first-order valence-corrected chi connectivity index (χ1v) is 7.83. The summed E-state index contributed by atoms with van der Waals surface area (Å²) in [7, 11) is 0. The Hall–Kier alpha value is -1.94. The first-order chi connectivity index (χ1) is 10.1. The number of nitrogens with one attached hydrogen (secondary N) is 1. The van der Waals surface area contributed by atoms with Crippen molar-refractivity contribution in [3.8, 4) is 0 Å². The van der Waals surface area contributed by atoms with Crippen LogP contribution in [0.1, 0.15) is 39.1 Å². The van der Waals surface area contributed by atoms with Gasteiger partial charge in [0.05, 0.1) is 5.92 Å². The maximum atomic E-state index is 12.4. The maximum Gasteiger partial charge on any atom is 0.234 e. The fraction of sp³-hybridized carbons (Fsp3) is 0.294. The van der Waals surface area contributed by atoms with Gasteiger partial charge in [0.25, 0.3) is 0 Å². The Kier molecular flexibility index (Phi) is 3.64. The summed E-state index contributed by atoms with van der Waals surface area (Å²) in [6, 6.07) is 12.0. The average molecular weight is 299 g/mol. The van der Waals surface area contributed by atoms with Crippen molar-refractivity contribution in [2.75, 3.05) is 0 Å². The van der Waals surface area contributed by atoms with E-state index in [-0.39, 0.29) is 23.7 Å². The van der Waals surface area contributed by atoms with E-state index in [1.54, 1.807) is 11.3 Å². The lowest BCUT2D eigenvalue weighted by atomic mass is 9.78. The van der Waals surface area contributed by atoms with Crippen molar-refractivity contribution in [3.63, 3.8) is 0 Å². The molecule has 0 bridgehead atoms. The van der Waals surface area contributed by atoms with E-state index >= 15 is 0 Å². The minimum absolute atomic E-state index is 0.0638. The Balaban J connectivity index is 2.07. The van der Waals surface area contributed by atoms with Gasteiger partial charge in [0.1, 0.15) is 0 Å². The molecule has 1 fully saturated rings. The van der Waals surface area contributed by atoms with Crippen LogP contribution < -0.4 is 5.32 Å². The van der Waals surface area contributed by atoms with Crippen LogP contribution in [0.15, 0.2) is 36.4 Å². The number of hydrogen-bond acceptors (Lipinski definition) is 3. The number of benzene rings is 1. The van der Waals surface area contributed by atoms with Crippen LogP contribution in [-0.4, -0.2) is 11.8 Å². The highest BCUT2D eigenvalue weighted by Crippen LogP contribution is 2.41. The van der Waals surface area contributed by atoms with Crippen LogP contribution in [0.5, 0.6) is 0 Å². The van der Waals surface area contributed by atoms with E-state index in [1.165, 1.54) is 4.88 Å². The molecule has 3 rings (SSSR count). The second-order valence-electron chi connectivity index (χ2n) is 5.51. The minimum atomic E-state index is -0.290. The monoisotopic (exact) mass is 299 g/mol. The van der Waals surface area contributed by atoms with Crippen molar-refractivity contribution < 1.29 is 9.59 Å². The topological polar surface area (TPSA) is 46.2 Å². The van der Waals surface area contributed by atoms with E-state index in [0.717, 1.165) is 16.0 Å². The van der Waals surface area contributed by atoms with Gasteiger partial charge in [0.15, 0.2) is 0 Å². The molecule has 21 heavy (non-hydrogen) atoms. The smallest absolute Gasteiger partial charge is 0.234 e. The Morgan fingerprint density at radius 2 is 1.86 bits per heavy atom. The zero-order chi connectivity index (χ0) is 15.0. The van der Waals surface area contributed by atoms with E-state index in [4.69, 9.17) is 0 Å². The lowest BCUT2D eigenvalue weighted by Crippen LogP contribution is -2.43. The molecule has 0 spiro atoms. The first kappa shape index (κ1) is 14.0. The van der Waals surface area contributed by atoms with Crippen molar-refractivity contribution >= 4 is 23.2 Å². The zero-order valence-corrected chi connectivity index (χ0v) is 12.9. The normalized spacial score (nSPS) is 22.2. The van der Waals surface area contributed by atoms with E-state index in [2.05, 4.69) is 5.32 Å². The van der Waals surface area contributed by atoms with Gasteiger partial charge in [-0.2, -0.15) is 0 Å². The van der Waals surface area contributed by atoms with E-state index in [0.29, 0.717) is 6.42 Å². The third-order valence-corrected chi connectivity index (χ3v) is 5.14. The predicted octanol–water partition coefficient (Wildman–Crippen LogP) is 3.28. The zero-order valence-electron chi connectivity index (χ0n) is 12.1. The minimum Gasteiger partial charge on any atom is -0.296 e. The third kappa shape index (κ3) is 2.63. The molecule has 0 aliphatic carbocycles. The molecule has 2 atom stereocenters. The van der Waals surface area contributed by atoms with Crippen molar-refractivity contribution in [2.24, 2.45) is 0 Å². The maximum absolute atomic E-state index is 12.4. The van der Waals surface area contributed by atoms with Gasteiger partial charge >= 0.3 is 0 Å². The fourth-order valence-electron chi connectivity index (χ4n) is 2.98. The highest BCUT2D eigenvalue weighted by atomic mass is 32.1. The van der Waals surface area contributed by atoms with Crippen LogP contribution in [0.3, 0.4) is 0 Å². The number of aryl methyl sites for hydroxylation is 2. The molecule has 4 heteroatoms. The van der Waals surface area contributed by atoms with Crippen LogP contribution in [0, 0.1) is 13.8 Å². The number of piperidine rings is 1. The van der Waals surface area contributed by atoms with Gasteiger partial charge in [-0.1, -0.05) is 24.3 Å². The summed E-state index contributed by atoms with van der Waals surface area (Å²) in [5.41, 5.74) is 2.10. The molecule has 1 aromatic heterocycles. The van der Waals surface area contributed by atoms with Crippen molar-refractivity contribution in [1.29, 1.82) is 0 Å². The number of carbonyl (C=O) groups is 2. The molecule has 1 aliphatic heterocycles. The number of rotatable bonds is 2. The summed E-state index contributed by atoms with van der Waals surface area (Å²) < 4.78 is 0. The lowest BCUT2D eigenvalue weighted by molar-refractivity contribution is -0.135. The SMILES string of the molecule is Cc1ccc(C2CC(=O)NC(=O)C2c2ccccc2C)s1. The van der Waals surface area contributed by atoms with Gasteiger partial charge in [-0.3, -0.25) is 14.9 Å². The van der Waals surface area contributed by atoms with Crippen LogP contribution in [0.25, 0.3) is 0 Å². The summed E-state index contributed by atoms with van der Waals surface area (Å²) in [5.74, 6) is -0.717. The largest absolute Gasteiger partial charge is 0.296 e. The average Bonchev–Trinajstić information content (AvgIpc) is 2.86. The van der Waals surface area contributed by atoms with Gasteiger partial charge in [0.2, 0.25) is 11.8 Å². The number of thiophene rings is 1. The van der Waals surface area contributed by atoms with Crippen molar-refractivity contribution in [2.45, 2.75) is 32.1 Å². The standard InChI is InChI=1S/C17H17NO2S/c1-10-5-3-4-6-12(10)16-13(9-15(19)18-17(16)20)14-8-7-11(2)21-14/h3-8,13,16H,9H2,1-2H3,(H,18,19,20). The van der Waals surface area contributed by atoms with E-state index in [9.17, 15) is 9.59 Å². The molecule has 1 aliphatic rings. The number of amides is 2. The summed E-state index contributed by atoms with van der Waals surface area (Å²) in [6.45, 7) is 4.05. The highest BCUT2D eigenvalue weighted by molar-refractivity contribution is 7.12. The molecule has 3 nitrogen and oxygen atoms in total. The number of carbonyl (C=O) groups excluding carboxylic acids is 2. The number of imide groups is 1. The highest BCUT2D eigenvalue weighted by Gasteiger charge is 2.39. The summed E-state index contributed by atoms with van der Waals surface area (Å²) in [5, 5.41) is 2.49. The summed E-state index contributed by atoms with van der Waals surface area (Å²) in [4.78, 5) is 26.5. The Bertz CT molecular complexity index is 704. The Morgan fingerprint density at radius 3 is 2.52 bits per heavy atom. The molecule has 1 aromatic carbocycles. The van der Waals surface area contributed by atoms with E-state index < -0.39 is 0 Å². The lowest BCUT2D eigenvalue weighted by Gasteiger charge is -2.30. The molecule has 2 unspecified atom stereocenters. The van der Waals surface area contributed by atoms with E-state index in [1.807, 2.05) is 50.2 Å². The van der Waals surface area contributed by atoms with Gasteiger partial charge in [-0.15, -0.1) is 11.3 Å².